The van der Waals surface area contributed by atoms with Gasteiger partial charge in [0.1, 0.15) is 17.1 Å². The van der Waals surface area contributed by atoms with E-state index in [1.807, 2.05) is 27.8 Å². The number of likely N-dealkylation sites (N-methyl/N-ethyl adjacent to an activating group) is 1. The monoisotopic (exact) mass is 293 g/mol. The fourth-order valence-corrected chi connectivity index (χ4v) is 3.23. The van der Waals surface area contributed by atoms with Crippen LogP contribution in [-0.2, 0) is 6.42 Å². The van der Waals surface area contributed by atoms with E-state index in [2.05, 4.69) is 11.8 Å². The maximum absolute atomic E-state index is 10.2. The lowest BCUT2D eigenvalue weighted by molar-refractivity contribution is 0.0278. The molecule has 1 aliphatic rings. The molecule has 1 aromatic rings. The highest BCUT2D eigenvalue weighted by atomic mass is 16.5. The SMILES string of the molecule is Cc1c(C)c2c(c(C)c1O)CCC(C)(CN(C)CCO)O2. The minimum atomic E-state index is -0.252. The number of aliphatic hydroxyl groups is 1. The van der Waals surface area contributed by atoms with Crippen molar-refractivity contribution in [3.8, 4) is 11.5 Å². The molecule has 21 heavy (non-hydrogen) atoms. The second kappa shape index (κ2) is 5.85. The highest BCUT2D eigenvalue weighted by molar-refractivity contribution is 5.58. The van der Waals surface area contributed by atoms with E-state index in [0.717, 1.165) is 47.4 Å². The predicted octanol–water partition coefficient (Wildman–Crippen LogP) is 2.33. The third kappa shape index (κ3) is 3.01. The minimum Gasteiger partial charge on any atom is -0.507 e. The van der Waals surface area contributed by atoms with Gasteiger partial charge in [0.15, 0.2) is 0 Å². The number of phenols is 1. The molecule has 2 rings (SSSR count). The third-order valence-corrected chi connectivity index (χ3v) is 4.68. The number of benzene rings is 1. The Balaban J connectivity index is 2.32. The van der Waals surface area contributed by atoms with Crippen LogP contribution >= 0.6 is 0 Å². The fourth-order valence-electron chi connectivity index (χ4n) is 3.23. The van der Waals surface area contributed by atoms with Crippen LogP contribution in [0.3, 0.4) is 0 Å². The fraction of sp³-hybridized carbons (Fsp3) is 0.647. The van der Waals surface area contributed by atoms with E-state index in [0.29, 0.717) is 12.3 Å². The highest BCUT2D eigenvalue weighted by Crippen LogP contribution is 2.43. The Morgan fingerprint density at radius 3 is 2.48 bits per heavy atom. The van der Waals surface area contributed by atoms with Crippen molar-refractivity contribution in [2.24, 2.45) is 0 Å². The van der Waals surface area contributed by atoms with Gasteiger partial charge in [0, 0.05) is 18.7 Å². The van der Waals surface area contributed by atoms with E-state index in [9.17, 15) is 5.11 Å². The Labute approximate surface area is 127 Å². The van der Waals surface area contributed by atoms with Gasteiger partial charge in [-0.15, -0.1) is 0 Å². The van der Waals surface area contributed by atoms with Crippen molar-refractivity contribution in [3.05, 3.63) is 22.3 Å². The molecule has 0 aliphatic carbocycles. The maximum atomic E-state index is 10.2. The average molecular weight is 293 g/mol. The number of ether oxygens (including phenoxy) is 1. The largest absolute Gasteiger partial charge is 0.507 e. The van der Waals surface area contributed by atoms with Crippen LogP contribution in [0.5, 0.6) is 11.5 Å². The molecule has 4 nitrogen and oxygen atoms in total. The van der Waals surface area contributed by atoms with E-state index < -0.39 is 0 Å². The van der Waals surface area contributed by atoms with Gasteiger partial charge in [0.2, 0.25) is 0 Å². The van der Waals surface area contributed by atoms with Crippen LogP contribution in [0.2, 0.25) is 0 Å². The molecule has 0 saturated carbocycles. The molecule has 0 amide bonds. The molecule has 0 fully saturated rings. The Bertz CT molecular complexity index is 542. The summed E-state index contributed by atoms with van der Waals surface area (Å²) in [6.45, 7) is 9.63. The Morgan fingerprint density at radius 1 is 1.19 bits per heavy atom. The number of aromatic hydroxyl groups is 1. The number of hydrogen-bond donors (Lipinski definition) is 2. The normalized spacial score (nSPS) is 21.3. The van der Waals surface area contributed by atoms with E-state index in [1.54, 1.807) is 0 Å². The number of aliphatic hydroxyl groups excluding tert-OH is 1. The van der Waals surface area contributed by atoms with Gasteiger partial charge in [-0.2, -0.15) is 0 Å². The van der Waals surface area contributed by atoms with Gasteiger partial charge >= 0.3 is 0 Å². The van der Waals surface area contributed by atoms with Gasteiger partial charge in [-0.3, -0.25) is 0 Å². The van der Waals surface area contributed by atoms with Crippen molar-refractivity contribution < 1.29 is 14.9 Å². The van der Waals surface area contributed by atoms with E-state index >= 15 is 0 Å². The molecule has 0 spiro atoms. The Kier molecular flexibility index (Phi) is 4.49. The molecule has 2 N–H and O–H groups in total. The summed E-state index contributed by atoms with van der Waals surface area (Å²) in [7, 11) is 2.00. The molecule has 1 unspecified atom stereocenters. The number of fused-ring (bicyclic) bond motifs is 1. The van der Waals surface area contributed by atoms with Gasteiger partial charge in [-0.25, -0.2) is 0 Å². The average Bonchev–Trinajstić information content (AvgIpc) is 2.42. The summed E-state index contributed by atoms with van der Waals surface area (Å²) in [5.41, 5.74) is 3.76. The van der Waals surface area contributed by atoms with Crippen LogP contribution in [0.4, 0.5) is 0 Å². The predicted molar refractivity (Wildman–Crippen MR) is 84.3 cm³/mol. The second-order valence-corrected chi connectivity index (χ2v) is 6.54. The van der Waals surface area contributed by atoms with Crippen LogP contribution in [0.15, 0.2) is 0 Å². The molecule has 118 valence electrons. The summed E-state index contributed by atoms with van der Waals surface area (Å²) in [6.07, 6.45) is 1.83. The molecule has 0 saturated heterocycles. The van der Waals surface area contributed by atoms with E-state index in [4.69, 9.17) is 9.84 Å². The summed E-state index contributed by atoms with van der Waals surface area (Å²) in [5.74, 6) is 1.34. The number of hydrogen-bond acceptors (Lipinski definition) is 4. The minimum absolute atomic E-state index is 0.161. The first-order valence-electron chi connectivity index (χ1n) is 7.59. The zero-order chi connectivity index (χ0) is 15.8. The van der Waals surface area contributed by atoms with Crippen LogP contribution in [0.25, 0.3) is 0 Å². The first-order valence-corrected chi connectivity index (χ1v) is 7.59. The number of nitrogens with zero attached hydrogens (tertiary/aromatic N) is 1. The van der Waals surface area contributed by atoms with E-state index in [-0.39, 0.29) is 12.2 Å². The molecule has 4 heteroatoms. The van der Waals surface area contributed by atoms with Crippen LogP contribution < -0.4 is 4.74 Å². The second-order valence-electron chi connectivity index (χ2n) is 6.54. The zero-order valence-corrected chi connectivity index (χ0v) is 13.8. The third-order valence-electron chi connectivity index (χ3n) is 4.68. The molecular formula is C17H27NO3. The van der Waals surface area contributed by atoms with Crippen molar-refractivity contribution in [3.63, 3.8) is 0 Å². The first-order chi connectivity index (χ1) is 9.79. The van der Waals surface area contributed by atoms with Crippen molar-refractivity contribution in [2.45, 2.75) is 46.1 Å². The number of phenolic OH excluding ortho intramolecular Hbond substituents is 1. The highest BCUT2D eigenvalue weighted by Gasteiger charge is 2.35. The Morgan fingerprint density at radius 2 is 1.86 bits per heavy atom. The molecular weight excluding hydrogens is 266 g/mol. The maximum Gasteiger partial charge on any atom is 0.127 e. The number of rotatable bonds is 4. The summed E-state index contributed by atoms with van der Waals surface area (Å²) < 4.78 is 6.35. The molecule has 0 aromatic heterocycles. The van der Waals surface area contributed by atoms with Crippen LogP contribution in [0, 0.1) is 20.8 Å². The van der Waals surface area contributed by atoms with Crippen LogP contribution in [-0.4, -0.2) is 47.5 Å². The van der Waals surface area contributed by atoms with Crippen molar-refractivity contribution in [1.82, 2.24) is 4.90 Å². The van der Waals surface area contributed by atoms with Crippen molar-refractivity contribution in [1.29, 1.82) is 0 Å². The topological polar surface area (TPSA) is 52.9 Å². The standard InChI is InChI=1S/C17H27NO3/c1-11-12(2)16-14(13(3)15(11)20)6-7-17(4,21-16)10-18(5)8-9-19/h19-20H,6-10H2,1-5H3. The van der Waals surface area contributed by atoms with Crippen LogP contribution in [0.1, 0.15) is 35.6 Å². The lowest BCUT2D eigenvalue weighted by Gasteiger charge is -2.40. The lowest BCUT2D eigenvalue weighted by Crippen LogP contribution is -2.47. The zero-order valence-electron chi connectivity index (χ0n) is 13.8. The van der Waals surface area contributed by atoms with Gasteiger partial charge in [-0.05, 0) is 64.3 Å². The van der Waals surface area contributed by atoms with E-state index in [1.165, 1.54) is 0 Å². The summed E-state index contributed by atoms with van der Waals surface area (Å²) in [5, 5.41) is 19.2. The lowest BCUT2D eigenvalue weighted by atomic mass is 9.87. The molecule has 0 bridgehead atoms. The van der Waals surface area contributed by atoms with Crippen molar-refractivity contribution in [2.75, 3.05) is 26.7 Å². The summed E-state index contributed by atoms with van der Waals surface area (Å²) in [4.78, 5) is 2.10. The molecule has 1 heterocycles. The van der Waals surface area contributed by atoms with Gasteiger partial charge in [-0.1, -0.05) is 0 Å². The molecule has 1 atom stereocenters. The quantitative estimate of drug-likeness (QED) is 0.894. The smallest absolute Gasteiger partial charge is 0.127 e. The molecule has 0 radical (unpaired) electrons. The van der Waals surface area contributed by atoms with Gasteiger partial charge in [0.05, 0.1) is 6.61 Å². The summed E-state index contributed by atoms with van der Waals surface area (Å²) >= 11 is 0. The van der Waals surface area contributed by atoms with Gasteiger partial charge in [0.25, 0.3) is 0 Å². The Hall–Kier alpha value is -1.26. The van der Waals surface area contributed by atoms with Crippen molar-refractivity contribution >= 4 is 0 Å². The summed E-state index contributed by atoms with van der Waals surface area (Å²) in [6, 6.07) is 0. The molecule has 1 aliphatic heterocycles. The van der Waals surface area contributed by atoms with Gasteiger partial charge < -0.3 is 19.8 Å². The first kappa shape index (κ1) is 16.1. The molecule has 1 aromatic carbocycles.